The Kier molecular flexibility index (Phi) is 6.60. The van der Waals surface area contributed by atoms with Crippen LogP contribution in [0, 0.1) is 0 Å². The predicted molar refractivity (Wildman–Crippen MR) is 64.6 cm³/mol. The molecule has 0 aromatic heterocycles. The van der Waals surface area contributed by atoms with E-state index in [2.05, 4.69) is 33.1 Å². The van der Waals surface area contributed by atoms with Crippen LogP contribution in [-0.2, 0) is 4.79 Å². The van der Waals surface area contributed by atoms with Crippen molar-refractivity contribution in [2.75, 3.05) is 0 Å². The van der Waals surface area contributed by atoms with Crippen LogP contribution >= 0.6 is 24.4 Å². The Morgan fingerprint density at radius 3 is 2.46 bits per heavy atom. The summed E-state index contributed by atoms with van der Waals surface area (Å²) in [5.74, 6) is 0. The minimum Gasteiger partial charge on any atom is -0.282 e. The van der Waals surface area contributed by atoms with E-state index in [0.717, 1.165) is 12.8 Å². The lowest BCUT2D eigenvalue weighted by Crippen LogP contribution is -2.10. The summed E-state index contributed by atoms with van der Waals surface area (Å²) in [6.45, 7) is 9.54. The Labute approximate surface area is 90.8 Å². The first kappa shape index (κ1) is 13.1. The average molecular weight is 218 g/mol. The van der Waals surface area contributed by atoms with Crippen molar-refractivity contribution in [1.29, 1.82) is 0 Å². The number of thiol groups is 1. The van der Waals surface area contributed by atoms with Gasteiger partial charge in [0.05, 0.1) is 0 Å². The average Bonchev–Trinajstić information content (AvgIpc) is 2.02. The molecule has 0 fully saturated rings. The fourth-order valence-corrected chi connectivity index (χ4v) is 2.38. The van der Waals surface area contributed by atoms with E-state index in [-0.39, 0.29) is 5.12 Å². The number of rotatable bonds is 5. The molecule has 0 aliphatic rings. The van der Waals surface area contributed by atoms with Gasteiger partial charge in [-0.3, -0.25) is 4.79 Å². The maximum Gasteiger partial charge on any atom is 0.214 e. The lowest BCUT2D eigenvalue weighted by Gasteiger charge is -2.14. The Hall–Kier alpha value is 0.110. The van der Waals surface area contributed by atoms with E-state index in [1.54, 1.807) is 6.92 Å². The Morgan fingerprint density at radius 2 is 2.15 bits per heavy atom. The molecule has 76 valence electrons. The summed E-state index contributed by atoms with van der Waals surface area (Å²) in [4.78, 5) is 11.3. The summed E-state index contributed by atoms with van der Waals surface area (Å²) in [7, 11) is 0. The van der Waals surface area contributed by atoms with Gasteiger partial charge in [0.1, 0.15) is 0 Å². The molecule has 0 heterocycles. The van der Waals surface area contributed by atoms with E-state index in [9.17, 15) is 4.79 Å². The van der Waals surface area contributed by atoms with Gasteiger partial charge in [-0.1, -0.05) is 32.2 Å². The molecule has 0 bridgehead atoms. The molecular weight excluding hydrogens is 200 g/mol. The fraction of sp³-hybridized carbons (Fsp3) is 0.700. The number of thioether (sulfide) groups is 1. The maximum atomic E-state index is 11.3. The maximum absolute atomic E-state index is 11.3. The van der Waals surface area contributed by atoms with Crippen LogP contribution < -0.4 is 0 Å². The molecule has 0 saturated carbocycles. The van der Waals surface area contributed by atoms with Gasteiger partial charge in [0.2, 0.25) is 5.12 Å². The van der Waals surface area contributed by atoms with Gasteiger partial charge in [0, 0.05) is 5.25 Å². The molecule has 2 atom stereocenters. The van der Waals surface area contributed by atoms with Crippen molar-refractivity contribution in [1.82, 2.24) is 0 Å². The van der Waals surface area contributed by atoms with Crippen LogP contribution in [0.5, 0.6) is 0 Å². The summed E-state index contributed by atoms with van der Waals surface area (Å²) in [6, 6.07) is 0. The Morgan fingerprint density at radius 1 is 1.62 bits per heavy atom. The first-order valence-corrected chi connectivity index (χ1v) is 5.91. The van der Waals surface area contributed by atoms with Crippen molar-refractivity contribution < 1.29 is 4.79 Å². The highest BCUT2D eigenvalue weighted by molar-refractivity contribution is 8.14. The van der Waals surface area contributed by atoms with E-state index >= 15 is 0 Å². The van der Waals surface area contributed by atoms with Gasteiger partial charge in [0.25, 0.3) is 0 Å². The molecule has 0 radical (unpaired) electrons. The van der Waals surface area contributed by atoms with Crippen LogP contribution in [0.25, 0.3) is 0 Å². The van der Waals surface area contributed by atoms with Crippen LogP contribution in [0.3, 0.4) is 0 Å². The molecule has 0 aliphatic heterocycles. The minimum atomic E-state index is 0.112. The molecule has 0 aromatic rings. The van der Waals surface area contributed by atoms with E-state index in [0.29, 0.717) is 16.1 Å². The smallest absolute Gasteiger partial charge is 0.214 e. The second-order valence-electron chi connectivity index (χ2n) is 3.30. The lowest BCUT2D eigenvalue weighted by molar-refractivity contribution is -0.107. The number of carbonyl (C=O) groups is 1. The Bertz CT molecular complexity index is 187. The SMILES string of the molecule is C=C(C)C(=O)SC(CC)CC(C)S. The van der Waals surface area contributed by atoms with E-state index in [4.69, 9.17) is 0 Å². The van der Waals surface area contributed by atoms with Crippen LogP contribution in [0.15, 0.2) is 12.2 Å². The van der Waals surface area contributed by atoms with E-state index in [1.807, 2.05) is 0 Å². The zero-order valence-corrected chi connectivity index (χ0v) is 10.3. The summed E-state index contributed by atoms with van der Waals surface area (Å²) in [6.07, 6.45) is 1.98. The van der Waals surface area contributed by atoms with Crippen molar-refractivity contribution in [3.63, 3.8) is 0 Å². The molecule has 2 unspecified atom stereocenters. The van der Waals surface area contributed by atoms with E-state index < -0.39 is 0 Å². The summed E-state index contributed by atoms with van der Waals surface area (Å²) < 4.78 is 0. The topological polar surface area (TPSA) is 17.1 Å². The quantitative estimate of drug-likeness (QED) is 0.563. The number of hydrogen-bond acceptors (Lipinski definition) is 3. The molecule has 13 heavy (non-hydrogen) atoms. The third-order valence-corrected chi connectivity index (χ3v) is 3.31. The normalized spacial score (nSPS) is 15.1. The molecule has 3 heteroatoms. The minimum absolute atomic E-state index is 0.112. The first-order valence-electron chi connectivity index (χ1n) is 4.51. The van der Waals surface area contributed by atoms with Crippen LogP contribution in [0.1, 0.15) is 33.6 Å². The van der Waals surface area contributed by atoms with E-state index in [1.165, 1.54) is 11.8 Å². The largest absolute Gasteiger partial charge is 0.282 e. The molecule has 0 N–H and O–H groups in total. The van der Waals surface area contributed by atoms with Crippen molar-refractivity contribution >= 4 is 29.5 Å². The van der Waals surface area contributed by atoms with Gasteiger partial charge in [-0.25, -0.2) is 0 Å². The third kappa shape index (κ3) is 6.22. The molecule has 0 rings (SSSR count). The molecular formula is C10H18OS2. The monoisotopic (exact) mass is 218 g/mol. The summed E-state index contributed by atoms with van der Waals surface area (Å²) in [5, 5.41) is 0.855. The molecule has 0 amide bonds. The number of carbonyl (C=O) groups excluding carboxylic acids is 1. The van der Waals surface area contributed by atoms with Crippen LogP contribution in [0.4, 0.5) is 0 Å². The molecule has 0 spiro atoms. The molecule has 0 aromatic carbocycles. The van der Waals surface area contributed by atoms with Crippen molar-refractivity contribution in [2.24, 2.45) is 0 Å². The summed E-state index contributed by atoms with van der Waals surface area (Å²) >= 11 is 5.71. The van der Waals surface area contributed by atoms with Gasteiger partial charge < -0.3 is 0 Å². The van der Waals surface area contributed by atoms with Crippen LogP contribution in [-0.4, -0.2) is 15.6 Å². The van der Waals surface area contributed by atoms with Crippen molar-refractivity contribution in [3.05, 3.63) is 12.2 Å². The van der Waals surface area contributed by atoms with Gasteiger partial charge in [0.15, 0.2) is 0 Å². The fourth-order valence-electron chi connectivity index (χ4n) is 0.931. The zero-order valence-electron chi connectivity index (χ0n) is 8.54. The van der Waals surface area contributed by atoms with Gasteiger partial charge >= 0.3 is 0 Å². The highest BCUT2D eigenvalue weighted by atomic mass is 32.2. The van der Waals surface area contributed by atoms with Crippen molar-refractivity contribution in [3.8, 4) is 0 Å². The Balaban J connectivity index is 3.97. The molecule has 0 aliphatic carbocycles. The van der Waals surface area contributed by atoms with Gasteiger partial charge in [-0.05, 0) is 30.6 Å². The van der Waals surface area contributed by atoms with Gasteiger partial charge in [-0.15, -0.1) is 0 Å². The number of hydrogen-bond donors (Lipinski definition) is 1. The lowest BCUT2D eigenvalue weighted by atomic mass is 10.2. The third-order valence-electron chi connectivity index (χ3n) is 1.68. The summed E-state index contributed by atoms with van der Waals surface area (Å²) in [5.41, 5.74) is 0.635. The second-order valence-corrected chi connectivity index (χ2v) is 5.46. The van der Waals surface area contributed by atoms with Crippen molar-refractivity contribution in [2.45, 2.75) is 44.1 Å². The van der Waals surface area contributed by atoms with Crippen LogP contribution in [0.2, 0.25) is 0 Å². The predicted octanol–water partition coefficient (Wildman–Crippen LogP) is 3.31. The standard InChI is InChI=1S/C10H18OS2/c1-5-9(6-8(4)12)13-10(11)7(2)3/h8-9,12H,2,5-6H2,1,3-4H3. The first-order chi connectivity index (χ1) is 5.97. The highest BCUT2D eigenvalue weighted by Gasteiger charge is 2.14. The molecule has 1 nitrogen and oxygen atoms in total. The highest BCUT2D eigenvalue weighted by Crippen LogP contribution is 2.24. The zero-order chi connectivity index (χ0) is 10.4. The molecule has 0 saturated heterocycles. The van der Waals surface area contributed by atoms with Gasteiger partial charge in [-0.2, -0.15) is 12.6 Å². The second kappa shape index (κ2) is 6.55.